The molecule has 0 N–H and O–H groups in total. The number of hydrogen-bond donors (Lipinski definition) is 0. The van der Waals surface area contributed by atoms with E-state index in [1.165, 1.54) is 0 Å². The molecule has 0 saturated heterocycles. The van der Waals surface area contributed by atoms with Crippen LogP contribution in [0.5, 0.6) is 11.5 Å². The molecule has 0 saturated carbocycles. The van der Waals surface area contributed by atoms with Gasteiger partial charge in [-0.2, -0.15) is 0 Å². The Bertz CT molecular complexity index is 983. The first-order chi connectivity index (χ1) is 13.9. The summed E-state index contributed by atoms with van der Waals surface area (Å²) in [6, 6.07) is 14.1. The van der Waals surface area contributed by atoms with Gasteiger partial charge < -0.3 is 18.9 Å². The van der Waals surface area contributed by atoms with Crippen molar-refractivity contribution >= 4 is 17.5 Å². The van der Waals surface area contributed by atoms with Gasteiger partial charge in [0, 0.05) is 28.8 Å². The summed E-state index contributed by atoms with van der Waals surface area (Å²) in [6.45, 7) is 4.24. The summed E-state index contributed by atoms with van der Waals surface area (Å²) >= 11 is 5.93. The molecular weight excluding hydrogens is 392 g/mol. The van der Waals surface area contributed by atoms with Crippen molar-refractivity contribution < 1.29 is 18.8 Å². The summed E-state index contributed by atoms with van der Waals surface area (Å²) < 4.78 is 16.2. The summed E-state index contributed by atoms with van der Waals surface area (Å²) in [5.74, 6) is 1.76. The molecule has 0 aliphatic rings. The first-order valence-corrected chi connectivity index (χ1v) is 9.55. The molecule has 29 heavy (non-hydrogen) atoms. The molecule has 7 heteroatoms. The van der Waals surface area contributed by atoms with E-state index in [0.717, 1.165) is 5.56 Å². The van der Waals surface area contributed by atoms with Gasteiger partial charge in [-0.05, 0) is 50.2 Å². The molecule has 0 radical (unpaired) electrons. The van der Waals surface area contributed by atoms with E-state index >= 15 is 0 Å². The summed E-state index contributed by atoms with van der Waals surface area (Å²) in [6.07, 6.45) is 0. The minimum atomic E-state index is -0.0942. The average Bonchev–Trinajstić information content (AvgIpc) is 3.19. The Kier molecular flexibility index (Phi) is 6.44. The minimum absolute atomic E-state index is 0.0196. The molecule has 152 valence electrons. The van der Waals surface area contributed by atoms with Crippen LogP contribution < -0.4 is 9.47 Å². The number of hydrogen-bond acceptors (Lipinski definition) is 5. The Labute approximate surface area is 175 Å². The van der Waals surface area contributed by atoms with Crippen molar-refractivity contribution in [1.29, 1.82) is 0 Å². The van der Waals surface area contributed by atoms with Crippen molar-refractivity contribution in [2.45, 2.75) is 26.4 Å². The van der Waals surface area contributed by atoms with E-state index in [9.17, 15) is 4.79 Å². The number of carbonyl (C=O) groups is 1. The zero-order chi connectivity index (χ0) is 21.0. The van der Waals surface area contributed by atoms with Crippen LogP contribution in [0.2, 0.25) is 5.02 Å². The fourth-order valence-electron chi connectivity index (χ4n) is 2.94. The fourth-order valence-corrected chi connectivity index (χ4v) is 3.06. The summed E-state index contributed by atoms with van der Waals surface area (Å²) in [7, 11) is 3.18. The quantitative estimate of drug-likeness (QED) is 0.540. The molecule has 0 spiro atoms. The number of aromatic nitrogens is 1. The highest BCUT2D eigenvalue weighted by atomic mass is 35.5. The van der Waals surface area contributed by atoms with Crippen LogP contribution in [-0.4, -0.2) is 36.2 Å². The highest BCUT2D eigenvalue weighted by Crippen LogP contribution is 2.33. The van der Waals surface area contributed by atoms with Crippen LogP contribution in [0, 0.1) is 0 Å². The molecule has 1 heterocycles. The monoisotopic (exact) mass is 414 g/mol. The third kappa shape index (κ3) is 4.71. The van der Waals surface area contributed by atoms with E-state index in [1.807, 2.05) is 32.0 Å². The van der Waals surface area contributed by atoms with Crippen LogP contribution in [0.25, 0.3) is 11.3 Å². The Morgan fingerprint density at radius 1 is 1.10 bits per heavy atom. The molecule has 1 aromatic heterocycles. The van der Waals surface area contributed by atoms with Crippen molar-refractivity contribution in [2.24, 2.45) is 0 Å². The number of methoxy groups -OCH3 is 2. The van der Waals surface area contributed by atoms with Gasteiger partial charge in [-0.25, -0.2) is 0 Å². The highest BCUT2D eigenvalue weighted by molar-refractivity contribution is 6.30. The number of amides is 1. The zero-order valence-corrected chi connectivity index (χ0v) is 17.6. The van der Waals surface area contributed by atoms with E-state index < -0.39 is 0 Å². The smallest absolute Gasteiger partial charge is 0.254 e. The van der Waals surface area contributed by atoms with Crippen LogP contribution in [0.3, 0.4) is 0 Å². The summed E-state index contributed by atoms with van der Waals surface area (Å²) in [4.78, 5) is 14.7. The SMILES string of the molecule is COc1ccc(-c2cc(CN(C(=O)c3ccc(Cl)cc3)C(C)C)no2)c(OC)c1. The highest BCUT2D eigenvalue weighted by Gasteiger charge is 2.21. The Hall–Kier alpha value is -2.99. The first-order valence-electron chi connectivity index (χ1n) is 9.17. The van der Waals surface area contributed by atoms with Crippen molar-refractivity contribution in [3.05, 3.63) is 64.8 Å². The number of rotatable bonds is 7. The third-order valence-electron chi connectivity index (χ3n) is 4.54. The van der Waals surface area contributed by atoms with E-state index in [4.69, 9.17) is 25.6 Å². The van der Waals surface area contributed by atoms with Crippen molar-refractivity contribution in [3.63, 3.8) is 0 Å². The van der Waals surface area contributed by atoms with E-state index in [-0.39, 0.29) is 11.9 Å². The maximum Gasteiger partial charge on any atom is 0.254 e. The molecule has 0 unspecified atom stereocenters. The normalized spacial score (nSPS) is 10.8. The Morgan fingerprint density at radius 3 is 2.45 bits per heavy atom. The van der Waals surface area contributed by atoms with Crippen LogP contribution >= 0.6 is 11.6 Å². The molecule has 6 nitrogen and oxygen atoms in total. The van der Waals surface area contributed by atoms with Crippen molar-refractivity contribution in [1.82, 2.24) is 10.1 Å². The van der Waals surface area contributed by atoms with Crippen molar-refractivity contribution in [2.75, 3.05) is 14.2 Å². The topological polar surface area (TPSA) is 64.8 Å². The lowest BCUT2D eigenvalue weighted by molar-refractivity contribution is 0.0686. The largest absolute Gasteiger partial charge is 0.497 e. The Balaban J connectivity index is 1.83. The van der Waals surface area contributed by atoms with Gasteiger partial charge in [-0.15, -0.1) is 0 Å². The van der Waals surface area contributed by atoms with Gasteiger partial charge in [0.2, 0.25) is 0 Å². The lowest BCUT2D eigenvalue weighted by Gasteiger charge is -2.25. The predicted molar refractivity (Wildman–Crippen MR) is 112 cm³/mol. The molecule has 3 aromatic rings. The summed E-state index contributed by atoms with van der Waals surface area (Å²) in [5, 5.41) is 4.74. The van der Waals surface area contributed by atoms with E-state index in [2.05, 4.69) is 5.16 Å². The second-order valence-corrected chi connectivity index (χ2v) is 7.22. The fraction of sp³-hybridized carbons (Fsp3) is 0.273. The minimum Gasteiger partial charge on any atom is -0.497 e. The maximum absolute atomic E-state index is 12.9. The van der Waals surface area contributed by atoms with Gasteiger partial charge in [0.05, 0.1) is 26.3 Å². The lowest BCUT2D eigenvalue weighted by Crippen LogP contribution is -2.36. The molecule has 2 aromatic carbocycles. The van der Waals surface area contributed by atoms with Gasteiger partial charge in [0.25, 0.3) is 5.91 Å². The predicted octanol–water partition coefficient (Wildman–Crippen LogP) is 5.06. The molecule has 0 bridgehead atoms. The van der Waals surface area contributed by atoms with E-state index in [1.54, 1.807) is 49.5 Å². The number of ether oxygens (including phenoxy) is 2. The van der Waals surface area contributed by atoms with Crippen molar-refractivity contribution in [3.8, 4) is 22.8 Å². The second-order valence-electron chi connectivity index (χ2n) is 6.78. The van der Waals surface area contributed by atoms with Gasteiger partial charge in [-0.3, -0.25) is 4.79 Å². The molecule has 0 atom stereocenters. The van der Waals surface area contributed by atoms with Gasteiger partial charge in [0.1, 0.15) is 17.2 Å². The lowest BCUT2D eigenvalue weighted by atomic mass is 10.1. The number of carbonyl (C=O) groups excluding carboxylic acids is 1. The number of benzene rings is 2. The first kappa shape index (κ1) is 20.7. The standard InChI is InChI=1S/C22H23ClN2O4/c1-14(2)25(22(26)15-5-7-16(23)8-6-15)13-17-11-21(29-24-17)19-10-9-18(27-3)12-20(19)28-4/h5-12,14H,13H2,1-4H3. The molecule has 0 fully saturated rings. The summed E-state index contributed by atoms with van der Waals surface area (Å²) in [5.41, 5.74) is 1.98. The van der Waals surface area contributed by atoms with Gasteiger partial charge in [0.15, 0.2) is 5.76 Å². The molecular formula is C22H23ClN2O4. The molecule has 3 rings (SSSR count). The van der Waals surface area contributed by atoms with Gasteiger partial charge in [-0.1, -0.05) is 16.8 Å². The number of nitrogens with zero attached hydrogens (tertiary/aromatic N) is 2. The van der Waals surface area contributed by atoms with Crippen LogP contribution in [0.1, 0.15) is 29.9 Å². The molecule has 1 amide bonds. The van der Waals surface area contributed by atoms with E-state index in [0.29, 0.717) is 40.1 Å². The van der Waals surface area contributed by atoms with Crippen LogP contribution in [0.4, 0.5) is 0 Å². The number of halogens is 1. The van der Waals surface area contributed by atoms with Crippen LogP contribution in [-0.2, 0) is 6.54 Å². The van der Waals surface area contributed by atoms with Gasteiger partial charge >= 0.3 is 0 Å². The Morgan fingerprint density at radius 2 is 1.83 bits per heavy atom. The zero-order valence-electron chi connectivity index (χ0n) is 16.8. The average molecular weight is 415 g/mol. The second kappa shape index (κ2) is 9.01. The maximum atomic E-state index is 12.9. The van der Waals surface area contributed by atoms with Crippen LogP contribution in [0.15, 0.2) is 53.1 Å². The third-order valence-corrected chi connectivity index (χ3v) is 4.79. The molecule has 0 aliphatic carbocycles. The molecule has 0 aliphatic heterocycles.